The minimum absolute atomic E-state index is 0.00557. The van der Waals surface area contributed by atoms with E-state index in [4.69, 9.17) is 0 Å². The number of carbonyl (C=O) groups is 2. The van der Waals surface area contributed by atoms with Crippen LogP contribution < -0.4 is 5.32 Å². The molecule has 0 saturated carbocycles. The lowest BCUT2D eigenvalue weighted by molar-refractivity contribution is -0.142. The molecule has 0 aromatic heterocycles. The van der Waals surface area contributed by atoms with Gasteiger partial charge in [0, 0.05) is 40.3 Å². The van der Waals surface area contributed by atoms with Gasteiger partial charge < -0.3 is 10.2 Å². The second kappa shape index (κ2) is 10.4. The summed E-state index contributed by atoms with van der Waals surface area (Å²) in [5.74, 6) is 1.17. The van der Waals surface area contributed by atoms with Crippen LogP contribution in [0.5, 0.6) is 0 Å². The van der Waals surface area contributed by atoms with E-state index in [1.54, 1.807) is 0 Å². The van der Waals surface area contributed by atoms with Crippen molar-refractivity contribution in [3.8, 4) is 0 Å². The van der Waals surface area contributed by atoms with Gasteiger partial charge in [-0.25, -0.2) is 0 Å². The number of rotatable bonds is 9. The summed E-state index contributed by atoms with van der Waals surface area (Å²) in [6, 6.07) is 9.98. The second-order valence-electron chi connectivity index (χ2n) is 8.33. The van der Waals surface area contributed by atoms with Gasteiger partial charge in [0.2, 0.25) is 11.8 Å². The van der Waals surface area contributed by atoms with Crippen molar-refractivity contribution in [3.05, 3.63) is 35.9 Å². The highest BCUT2D eigenvalue weighted by atomic mass is 32.2. The highest BCUT2D eigenvalue weighted by Crippen LogP contribution is 2.33. The third-order valence-electron chi connectivity index (χ3n) is 6.47. The Hall–Kier alpha value is -1.69. The number of hydrogen-bond donors (Lipinski definition) is 1. The van der Waals surface area contributed by atoms with E-state index in [1.807, 2.05) is 36.9 Å². The third kappa shape index (κ3) is 5.47. The Kier molecular flexibility index (Phi) is 7.87. The molecule has 1 unspecified atom stereocenters. The molecule has 2 amide bonds. The zero-order valence-electron chi connectivity index (χ0n) is 17.6. The van der Waals surface area contributed by atoms with Gasteiger partial charge in [0.05, 0.1) is 0 Å². The summed E-state index contributed by atoms with van der Waals surface area (Å²) in [6.07, 6.45) is 5.92. The van der Waals surface area contributed by atoms with E-state index in [0.29, 0.717) is 11.5 Å². The average molecular weight is 419 g/mol. The van der Waals surface area contributed by atoms with Crippen LogP contribution >= 0.6 is 0 Å². The molecule has 2 aliphatic rings. The van der Waals surface area contributed by atoms with Crippen LogP contribution in [0.25, 0.3) is 0 Å². The fourth-order valence-corrected chi connectivity index (χ4v) is 6.07. The molecule has 0 bridgehead atoms. The minimum atomic E-state index is -0.954. The van der Waals surface area contributed by atoms with Crippen LogP contribution in [0.15, 0.2) is 30.3 Å². The smallest absolute Gasteiger partial charge is 0.245 e. The molecular weight excluding hydrogens is 384 g/mol. The highest BCUT2D eigenvalue weighted by Gasteiger charge is 2.44. The maximum atomic E-state index is 13.1. The van der Waals surface area contributed by atoms with Gasteiger partial charge in [0.15, 0.2) is 0 Å². The number of nitrogens with one attached hydrogen (secondary N) is 1. The summed E-state index contributed by atoms with van der Waals surface area (Å²) in [7, 11) is -0.954. The number of amides is 2. The standard InChI is InChI=1S/C23H34N2O3S/c1-3-18(4-2)22(26)24-21-13-12-19-10-11-20(25(19)23(21)27)16-29(28)15-14-17-8-6-5-7-9-17/h5-9,18-21H,3-4,10-16H2,1-2H3,(H,24,26)/t19-,20+,21+,29?/m1/s1. The number of hydrogen-bond acceptors (Lipinski definition) is 3. The van der Waals surface area contributed by atoms with Crippen molar-refractivity contribution in [3.63, 3.8) is 0 Å². The van der Waals surface area contributed by atoms with Crippen molar-refractivity contribution in [1.29, 1.82) is 0 Å². The number of piperidine rings is 1. The van der Waals surface area contributed by atoms with E-state index in [1.165, 1.54) is 5.56 Å². The van der Waals surface area contributed by atoms with Crippen molar-refractivity contribution in [2.24, 2.45) is 5.92 Å². The summed E-state index contributed by atoms with van der Waals surface area (Å²) in [6.45, 7) is 4.02. The van der Waals surface area contributed by atoms with Gasteiger partial charge in [-0.2, -0.15) is 0 Å². The molecule has 6 heteroatoms. The van der Waals surface area contributed by atoms with E-state index in [-0.39, 0.29) is 29.8 Å². The molecule has 4 atom stereocenters. The Morgan fingerprint density at radius 1 is 1.14 bits per heavy atom. The Labute approximate surface area is 177 Å². The SMILES string of the molecule is CCC(CC)C(=O)N[C@H]1CC[C@H]2CC[C@@H](CS(=O)CCc3ccccc3)N2C1=O. The lowest BCUT2D eigenvalue weighted by Gasteiger charge is -2.38. The van der Waals surface area contributed by atoms with Crippen molar-refractivity contribution >= 4 is 22.6 Å². The molecular formula is C23H34N2O3S. The van der Waals surface area contributed by atoms with Gasteiger partial charge in [-0.3, -0.25) is 13.8 Å². The first-order valence-electron chi connectivity index (χ1n) is 11.0. The van der Waals surface area contributed by atoms with Gasteiger partial charge >= 0.3 is 0 Å². The van der Waals surface area contributed by atoms with Crippen molar-refractivity contribution in [1.82, 2.24) is 10.2 Å². The fraction of sp³-hybridized carbons (Fsp3) is 0.652. The molecule has 160 valence electrons. The van der Waals surface area contributed by atoms with Crippen LogP contribution in [0.3, 0.4) is 0 Å². The molecule has 0 aliphatic carbocycles. The maximum Gasteiger partial charge on any atom is 0.245 e. The summed E-state index contributed by atoms with van der Waals surface area (Å²) < 4.78 is 12.7. The van der Waals surface area contributed by atoms with Crippen LogP contribution in [-0.4, -0.2) is 50.6 Å². The Bertz CT molecular complexity index is 720. The second-order valence-corrected chi connectivity index (χ2v) is 9.95. The highest BCUT2D eigenvalue weighted by molar-refractivity contribution is 7.85. The van der Waals surface area contributed by atoms with Crippen molar-refractivity contribution < 1.29 is 13.8 Å². The van der Waals surface area contributed by atoms with Gasteiger partial charge in [-0.05, 0) is 50.5 Å². The van der Waals surface area contributed by atoms with Gasteiger partial charge in [0.1, 0.15) is 6.04 Å². The van der Waals surface area contributed by atoms with Crippen molar-refractivity contribution in [2.75, 3.05) is 11.5 Å². The molecule has 2 saturated heterocycles. The molecule has 1 aromatic rings. The van der Waals surface area contributed by atoms with Gasteiger partial charge in [-0.1, -0.05) is 44.2 Å². The number of nitrogens with zero attached hydrogens (tertiary/aromatic N) is 1. The molecule has 0 radical (unpaired) electrons. The lowest BCUT2D eigenvalue weighted by atomic mass is 9.96. The first-order chi connectivity index (χ1) is 14.0. The Morgan fingerprint density at radius 2 is 1.83 bits per heavy atom. The molecule has 2 fully saturated rings. The number of carbonyl (C=O) groups excluding carboxylic acids is 2. The lowest BCUT2D eigenvalue weighted by Crippen LogP contribution is -2.57. The predicted octanol–water partition coefficient (Wildman–Crippen LogP) is 3.05. The van der Waals surface area contributed by atoms with Crippen LogP contribution in [-0.2, 0) is 26.8 Å². The number of aryl methyl sites for hydroxylation is 1. The first-order valence-corrected chi connectivity index (χ1v) is 12.5. The average Bonchev–Trinajstić information content (AvgIpc) is 3.13. The topological polar surface area (TPSA) is 66.5 Å². The zero-order chi connectivity index (χ0) is 20.8. The Morgan fingerprint density at radius 3 is 2.52 bits per heavy atom. The summed E-state index contributed by atoms with van der Waals surface area (Å²) in [5, 5.41) is 3.00. The predicted molar refractivity (Wildman–Crippen MR) is 117 cm³/mol. The molecule has 29 heavy (non-hydrogen) atoms. The molecule has 3 rings (SSSR count). The van der Waals surface area contributed by atoms with E-state index >= 15 is 0 Å². The molecule has 1 aromatic carbocycles. The van der Waals surface area contributed by atoms with E-state index in [0.717, 1.165) is 44.9 Å². The van der Waals surface area contributed by atoms with Crippen LogP contribution in [0.2, 0.25) is 0 Å². The zero-order valence-corrected chi connectivity index (χ0v) is 18.5. The van der Waals surface area contributed by atoms with E-state index in [9.17, 15) is 13.8 Å². The summed E-state index contributed by atoms with van der Waals surface area (Å²) >= 11 is 0. The molecule has 1 N–H and O–H groups in total. The largest absolute Gasteiger partial charge is 0.344 e. The van der Waals surface area contributed by atoms with Gasteiger partial charge in [-0.15, -0.1) is 0 Å². The summed E-state index contributed by atoms with van der Waals surface area (Å²) in [4.78, 5) is 27.5. The third-order valence-corrected chi connectivity index (χ3v) is 7.89. The fourth-order valence-electron chi connectivity index (χ4n) is 4.69. The molecule has 0 spiro atoms. The van der Waals surface area contributed by atoms with Crippen molar-refractivity contribution in [2.45, 2.75) is 76.9 Å². The Balaban J connectivity index is 1.56. The number of fused-ring (bicyclic) bond motifs is 1. The quantitative estimate of drug-likeness (QED) is 0.670. The monoisotopic (exact) mass is 418 g/mol. The first kappa shape index (κ1) is 22.0. The van der Waals surface area contributed by atoms with Crippen LogP contribution in [0, 0.1) is 5.92 Å². The maximum absolute atomic E-state index is 13.1. The minimum Gasteiger partial charge on any atom is -0.344 e. The van der Waals surface area contributed by atoms with Crippen LogP contribution in [0.1, 0.15) is 57.9 Å². The van der Waals surface area contributed by atoms with E-state index in [2.05, 4.69) is 17.4 Å². The molecule has 2 aliphatic heterocycles. The van der Waals surface area contributed by atoms with Gasteiger partial charge in [0.25, 0.3) is 0 Å². The normalized spacial score (nSPS) is 25.1. The van der Waals surface area contributed by atoms with Crippen LogP contribution in [0.4, 0.5) is 0 Å². The molecule has 5 nitrogen and oxygen atoms in total. The number of benzene rings is 1. The molecule has 2 heterocycles. The van der Waals surface area contributed by atoms with E-state index < -0.39 is 16.8 Å². The summed E-state index contributed by atoms with van der Waals surface area (Å²) in [5.41, 5.74) is 1.20.